The van der Waals surface area contributed by atoms with E-state index < -0.39 is 0 Å². The Kier molecular flexibility index (Phi) is 3.40. The summed E-state index contributed by atoms with van der Waals surface area (Å²) < 4.78 is 0. The van der Waals surface area contributed by atoms with Gasteiger partial charge < -0.3 is 4.90 Å². The Bertz CT molecular complexity index is 216. The molecule has 2 heteroatoms. The minimum absolute atomic E-state index is 0.754. The molecule has 12 heavy (non-hydrogen) atoms. The third-order valence-electron chi connectivity index (χ3n) is 2.09. The second kappa shape index (κ2) is 4.61. The molecule has 0 N–H and O–H groups in total. The van der Waals surface area contributed by atoms with Gasteiger partial charge in [-0.2, -0.15) is 5.26 Å². The molecule has 1 heterocycles. The number of rotatable bonds is 2. The van der Waals surface area contributed by atoms with Crippen molar-refractivity contribution in [1.29, 1.82) is 5.26 Å². The summed E-state index contributed by atoms with van der Waals surface area (Å²) in [5.41, 5.74) is 0.754. The summed E-state index contributed by atoms with van der Waals surface area (Å²) in [5, 5.41) is 8.80. The van der Waals surface area contributed by atoms with Gasteiger partial charge in [0.05, 0.1) is 0 Å². The molecular formula is C10H14N2. The van der Waals surface area contributed by atoms with Gasteiger partial charge in [-0.25, -0.2) is 0 Å². The van der Waals surface area contributed by atoms with Crippen LogP contribution in [0.15, 0.2) is 24.4 Å². The van der Waals surface area contributed by atoms with Gasteiger partial charge in [0.25, 0.3) is 0 Å². The van der Waals surface area contributed by atoms with Gasteiger partial charge in [-0.1, -0.05) is 12.7 Å². The molecule has 1 fully saturated rings. The molecule has 0 aromatic carbocycles. The Morgan fingerprint density at radius 2 is 2.00 bits per heavy atom. The Labute approximate surface area is 73.8 Å². The molecule has 0 bridgehead atoms. The van der Waals surface area contributed by atoms with E-state index in [1.165, 1.54) is 19.3 Å². The second-order valence-corrected chi connectivity index (χ2v) is 2.95. The fraction of sp³-hybridized carbons (Fsp3) is 0.500. The van der Waals surface area contributed by atoms with Gasteiger partial charge in [0.15, 0.2) is 0 Å². The molecule has 1 aliphatic rings. The van der Waals surface area contributed by atoms with Crippen LogP contribution in [-0.2, 0) is 0 Å². The Morgan fingerprint density at radius 3 is 2.50 bits per heavy atom. The van der Waals surface area contributed by atoms with Crippen molar-refractivity contribution < 1.29 is 0 Å². The maximum absolute atomic E-state index is 8.80. The molecular weight excluding hydrogens is 148 g/mol. The molecule has 0 amide bonds. The molecule has 1 rings (SSSR count). The third kappa shape index (κ3) is 2.13. The van der Waals surface area contributed by atoms with Gasteiger partial charge in [-0.3, -0.25) is 0 Å². The highest BCUT2D eigenvalue weighted by molar-refractivity contribution is 5.23. The van der Waals surface area contributed by atoms with Crippen LogP contribution in [0.3, 0.4) is 0 Å². The van der Waals surface area contributed by atoms with Crippen LogP contribution in [0.1, 0.15) is 19.3 Å². The lowest BCUT2D eigenvalue weighted by molar-refractivity contribution is 0.295. The van der Waals surface area contributed by atoms with Gasteiger partial charge in [0, 0.05) is 13.1 Å². The largest absolute Gasteiger partial charge is 0.363 e. The molecule has 0 atom stereocenters. The Balaban J connectivity index is 2.59. The van der Waals surface area contributed by atoms with E-state index in [1.807, 2.05) is 0 Å². The molecule has 2 nitrogen and oxygen atoms in total. The van der Waals surface area contributed by atoms with Crippen molar-refractivity contribution in [2.24, 2.45) is 0 Å². The lowest BCUT2D eigenvalue weighted by atomic mass is 10.1. The average molecular weight is 162 g/mol. The van der Waals surface area contributed by atoms with E-state index in [2.05, 4.69) is 17.5 Å². The first kappa shape index (κ1) is 8.86. The van der Waals surface area contributed by atoms with Crippen LogP contribution in [0.2, 0.25) is 0 Å². The number of hydrogen-bond donors (Lipinski definition) is 0. The average Bonchev–Trinajstić information content (AvgIpc) is 2.15. The van der Waals surface area contributed by atoms with E-state index >= 15 is 0 Å². The van der Waals surface area contributed by atoms with Crippen molar-refractivity contribution in [3.05, 3.63) is 24.4 Å². The highest BCUT2D eigenvalue weighted by atomic mass is 15.1. The molecule has 0 aliphatic carbocycles. The van der Waals surface area contributed by atoms with Crippen molar-refractivity contribution in [2.75, 3.05) is 13.1 Å². The number of likely N-dealkylation sites (tertiary alicyclic amines) is 1. The van der Waals surface area contributed by atoms with E-state index in [-0.39, 0.29) is 0 Å². The molecule has 1 aliphatic heterocycles. The SMILES string of the molecule is C=CC=C(C#N)N1CCCCC1. The molecule has 0 aromatic rings. The van der Waals surface area contributed by atoms with E-state index in [0.717, 1.165) is 18.8 Å². The molecule has 0 radical (unpaired) electrons. The zero-order valence-electron chi connectivity index (χ0n) is 7.29. The fourth-order valence-corrected chi connectivity index (χ4v) is 1.46. The highest BCUT2D eigenvalue weighted by Crippen LogP contribution is 2.13. The number of piperidine rings is 1. The van der Waals surface area contributed by atoms with E-state index in [9.17, 15) is 0 Å². The maximum Gasteiger partial charge on any atom is 0.117 e. The zero-order chi connectivity index (χ0) is 8.81. The Morgan fingerprint density at radius 1 is 1.33 bits per heavy atom. The van der Waals surface area contributed by atoms with Crippen LogP contribution in [0.4, 0.5) is 0 Å². The van der Waals surface area contributed by atoms with E-state index in [1.54, 1.807) is 12.2 Å². The van der Waals surface area contributed by atoms with Crippen LogP contribution >= 0.6 is 0 Å². The van der Waals surface area contributed by atoms with Crippen LogP contribution in [-0.4, -0.2) is 18.0 Å². The molecule has 0 unspecified atom stereocenters. The van der Waals surface area contributed by atoms with E-state index in [0.29, 0.717) is 0 Å². The summed E-state index contributed by atoms with van der Waals surface area (Å²) in [5.74, 6) is 0. The maximum atomic E-state index is 8.80. The number of nitriles is 1. The summed E-state index contributed by atoms with van der Waals surface area (Å²) in [6.07, 6.45) is 7.16. The summed E-state index contributed by atoms with van der Waals surface area (Å²) in [7, 11) is 0. The van der Waals surface area contributed by atoms with Crippen LogP contribution in [0, 0.1) is 11.3 Å². The monoisotopic (exact) mass is 162 g/mol. The topological polar surface area (TPSA) is 27.0 Å². The number of hydrogen-bond acceptors (Lipinski definition) is 2. The summed E-state index contributed by atoms with van der Waals surface area (Å²) in [6.45, 7) is 5.63. The number of nitrogens with zero attached hydrogens (tertiary/aromatic N) is 2. The predicted octanol–water partition coefficient (Wildman–Crippen LogP) is 2.07. The van der Waals surface area contributed by atoms with Gasteiger partial charge in [-0.05, 0) is 25.3 Å². The third-order valence-corrected chi connectivity index (χ3v) is 2.09. The van der Waals surface area contributed by atoms with Crippen LogP contribution < -0.4 is 0 Å². The van der Waals surface area contributed by atoms with Gasteiger partial charge in [-0.15, -0.1) is 0 Å². The second-order valence-electron chi connectivity index (χ2n) is 2.95. The first-order valence-electron chi connectivity index (χ1n) is 4.36. The van der Waals surface area contributed by atoms with Crippen molar-refractivity contribution >= 4 is 0 Å². The summed E-state index contributed by atoms with van der Waals surface area (Å²) >= 11 is 0. The quantitative estimate of drug-likeness (QED) is 0.459. The molecule has 0 saturated carbocycles. The predicted molar refractivity (Wildman–Crippen MR) is 49.3 cm³/mol. The first-order chi connectivity index (χ1) is 5.88. The van der Waals surface area contributed by atoms with Crippen molar-refractivity contribution in [3.8, 4) is 6.07 Å². The standard InChI is InChI=1S/C10H14N2/c1-2-6-10(9-11)12-7-4-3-5-8-12/h2,6H,1,3-5,7-8H2. The zero-order valence-corrected chi connectivity index (χ0v) is 7.29. The van der Waals surface area contributed by atoms with Crippen LogP contribution in [0.5, 0.6) is 0 Å². The molecule has 0 spiro atoms. The van der Waals surface area contributed by atoms with Gasteiger partial charge in [0.2, 0.25) is 0 Å². The molecule has 64 valence electrons. The summed E-state index contributed by atoms with van der Waals surface area (Å²) in [4.78, 5) is 2.13. The minimum Gasteiger partial charge on any atom is -0.363 e. The molecule has 1 saturated heterocycles. The Hall–Kier alpha value is -1.23. The van der Waals surface area contributed by atoms with E-state index in [4.69, 9.17) is 5.26 Å². The highest BCUT2D eigenvalue weighted by Gasteiger charge is 2.11. The van der Waals surface area contributed by atoms with Gasteiger partial charge >= 0.3 is 0 Å². The minimum atomic E-state index is 0.754. The smallest absolute Gasteiger partial charge is 0.117 e. The lowest BCUT2D eigenvalue weighted by Gasteiger charge is -2.27. The van der Waals surface area contributed by atoms with Gasteiger partial charge in [0.1, 0.15) is 11.8 Å². The lowest BCUT2D eigenvalue weighted by Crippen LogP contribution is -2.28. The first-order valence-corrected chi connectivity index (χ1v) is 4.36. The normalized spacial score (nSPS) is 18.6. The van der Waals surface area contributed by atoms with Crippen molar-refractivity contribution in [1.82, 2.24) is 4.90 Å². The van der Waals surface area contributed by atoms with Crippen molar-refractivity contribution in [2.45, 2.75) is 19.3 Å². The summed E-state index contributed by atoms with van der Waals surface area (Å²) in [6, 6.07) is 2.19. The van der Waals surface area contributed by atoms with Crippen molar-refractivity contribution in [3.63, 3.8) is 0 Å². The fourth-order valence-electron chi connectivity index (χ4n) is 1.46. The molecule has 0 aromatic heterocycles. The number of allylic oxidation sites excluding steroid dienone is 3. The van der Waals surface area contributed by atoms with Crippen LogP contribution in [0.25, 0.3) is 0 Å².